The van der Waals surface area contributed by atoms with Crippen molar-refractivity contribution in [3.8, 4) is 11.8 Å². The van der Waals surface area contributed by atoms with Crippen LogP contribution in [0, 0.1) is 21.3 Å². The van der Waals surface area contributed by atoms with Crippen LogP contribution in [-0.4, -0.2) is 53.1 Å². The third kappa shape index (κ3) is 7.33. The molecule has 0 bridgehead atoms. The minimum atomic E-state index is -0.143. The first-order chi connectivity index (χ1) is 15.5. The predicted molar refractivity (Wildman–Crippen MR) is 138 cm³/mol. The Labute approximate surface area is 206 Å². The van der Waals surface area contributed by atoms with Crippen LogP contribution in [0.25, 0.3) is 0 Å². The molecule has 4 nitrogen and oxygen atoms in total. The second kappa shape index (κ2) is 12.4. The lowest BCUT2D eigenvalue weighted by Crippen LogP contribution is -2.47. The number of amides is 1. The number of aliphatic hydroxyl groups is 1. The molecular formula is C27H33IN2O2. The lowest BCUT2D eigenvalue weighted by molar-refractivity contribution is 0.0546. The Morgan fingerprint density at radius 3 is 2.38 bits per heavy atom. The average Bonchev–Trinajstić information content (AvgIpc) is 2.81. The van der Waals surface area contributed by atoms with Crippen molar-refractivity contribution in [2.45, 2.75) is 45.7 Å². The molecule has 0 aliphatic carbocycles. The quantitative estimate of drug-likeness (QED) is 0.403. The molecule has 32 heavy (non-hydrogen) atoms. The summed E-state index contributed by atoms with van der Waals surface area (Å²) in [5.74, 6) is 6.43. The van der Waals surface area contributed by atoms with Gasteiger partial charge in [0.15, 0.2) is 0 Å². The van der Waals surface area contributed by atoms with Gasteiger partial charge in [0.05, 0.1) is 0 Å². The van der Waals surface area contributed by atoms with Crippen LogP contribution in [0.1, 0.15) is 54.6 Å². The van der Waals surface area contributed by atoms with Gasteiger partial charge >= 0.3 is 0 Å². The molecule has 1 heterocycles. The average molecular weight is 544 g/mol. The maximum atomic E-state index is 13.5. The van der Waals surface area contributed by atoms with Crippen molar-refractivity contribution in [2.75, 3.05) is 26.2 Å². The number of benzene rings is 2. The van der Waals surface area contributed by atoms with Crippen LogP contribution < -0.4 is 0 Å². The minimum absolute atomic E-state index is 0.103. The van der Waals surface area contributed by atoms with Crippen molar-refractivity contribution >= 4 is 28.5 Å². The summed E-state index contributed by atoms with van der Waals surface area (Å²) in [6.45, 7) is 8.23. The molecule has 0 spiro atoms. The van der Waals surface area contributed by atoms with E-state index in [1.54, 1.807) is 0 Å². The van der Waals surface area contributed by atoms with Crippen molar-refractivity contribution in [1.82, 2.24) is 9.80 Å². The van der Waals surface area contributed by atoms with Gasteiger partial charge in [-0.25, -0.2) is 0 Å². The molecule has 1 saturated heterocycles. The number of hydrogen-bond acceptors (Lipinski definition) is 3. The van der Waals surface area contributed by atoms with Gasteiger partial charge in [-0.15, -0.1) is 0 Å². The Bertz CT molecular complexity index is 921. The van der Waals surface area contributed by atoms with E-state index >= 15 is 0 Å². The van der Waals surface area contributed by atoms with E-state index in [1.807, 2.05) is 48.5 Å². The molecule has 2 aromatic rings. The molecule has 0 aromatic heterocycles. The number of rotatable bonds is 7. The van der Waals surface area contributed by atoms with Gasteiger partial charge in [0.25, 0.3) is 5.91 Å². The maximum Gasteiger partial charge on any atom is 0.254 e. The second-order valence-electron chi connectivity index (χ2n) is 8.85. The van der Waals surface area contributed by atoms with Gasteiger partial charge in [-0.2, -0.15) is 0 Å². The standard InChI is InChI=1S/C27H33IN2O2/c1-21(2)13-16-29-17-14-26(15-18-29)30(27(32)24-9-11-25(28)12-10-24)20-23-7-5-22(6-8-23)4-3-19-31/h5-12,21,26,31H,13-20H2,1-2H3. The van der Waals surface area contributed by atoms with Crippen LogP contribution in [0.3, 0.4) is 0 Å². The topological polar surface area (TPSA) is 43.8 Å². The van der Waals surface area contributed by atoms with Crippen LogP contribution in [0.2, 0.25) is 0 Å². The highest BCUT2D eigenvalue weighted by Gasteiger charge is 2.28. The van der Waals surface area contributed by atoms with E-state index in [2.05, 4.69) is 58.1 Å². The molecule has 2 aromatic carbocycles. The summed E-state index contributed by atoms with van der Waals surface area (Å²) in [4.78, 5) is 18.1. The molecule has 0 unspecified atom stereocenters. The molecule has 1 aliphatic heterocycles. The van der Waals surface area contributed by atoms with Gasteiger partial charge in [-0.1, -0.05) is 37.8 Å². The zero-order valence-electron chi connectivity index (χ0n) is 19.1. The lowest BCUT2D eigenvalue weighted by Gasteiger charge is -2.39. The number of likely N-dealkylation sites (tertiary alicyclic amines) is 1. The Balaban J connectivity index is 1.74. The Hall–Kier alpha value is -1.88. The number of carbonyl (C=O) groups is 1. The molecule has 3 rings (SSSR count). The van der Waals surface area contributed by atoms with Gasteiger partial charge in [0.2, 0.25) is 0 Å². The summed E-state index contributed by atoms with van der Waals surface area (Å²) in [5, 5.41) is 8.89. The number of aliphatic hydroxyl groups excluding tert-OH is 1. The first kappa shape index (κ1) is 24.8. The highest BCUT2D eigenvalue weighted by molar-refractivity contribution is 14.1. The Kier molecular flexibility index (Phi) is 9.58. The van der Waals surface area contributed by atoms with Crippen molar-refractivity contribution in [3.63, 3.8) is 0 Å². The van der Waals surface area contributed by atoms with E-state index in [-0.39, 0.29) is 18.6 Å². The number of nitrogens with zero attached hydrogens (tertiary/aromatic N) is 2. The fourth-order valence-electron chi connectivity index (χ4n) is 4.05. The molecular weight excluding hydrogens is 511 g/mol. The first-order valence-corrected chi connectivity index (χ1v) is 12.5. The van der Waals surface area contributed by atoms with Gasteiger partial charge in [-0.05, 0) is 96.3 Å². The molecule has 0 radical (unpaired) electrons. The number of halogens is 1. The first-order valence-electron chi connectivity index (χ1n) is 11.4. The van der Waals surface area contributed by atoms with Crippen molar-refractivity contribution in [2.24, 2.45) is 5.92 Å². The predicted octanol–water partition coefficient (Wildman–Crippen LogP) is 4.79. The van der Waals surface area contributed by atoms with E-state index in [4.69, 9.17) is 5.11 Å². The Morgan fingerprint density at radius 1 is 1.12 bits per heavy atom. The molecule has 1 amide bonds. The zero-order valence-corrected chi connectivity index (χ0v) is 21.2. The number of hydrogen-bond donors (Lipinski definition) is 1. The molecule has 1 N–H and O–H groups in total. The smallest absolute Gasteiger partial charge is 0.254 e. The van der Waals surface area contributed by atoms with Crippen molar-refractivity contribution in [3.05, 3.63) is 68.8 Å². The van der Waals surface area contributed by atoms with Gasteiger partial charge in [0, 0.05) is 40.4 Å². The summed E-state index contributed by atoms with van der Waals surface area (Å²) in [5.41, 5.74) is 2.72. The van der Waals surface area contributed by atoms with Gasteiger partial charge in [0.1, 0.15) is 6.61 Å². The zero-order chi connectivity index (χ0) is 22.9. The summed E-state index contributed by atoms with van der Waals surface area (Å²) in [6, 6.07) is 16.1. The SMILES string of the molecule is CC(C)CCN1CCC(N(Cc2ccc(C#CCO)cc2)C(=O)c2ccc(I)cc2)CC1. The third-order valence-corrected chi connectivity index (χ3v) is 6.71. The van der Waals surface area contributed by atoms with Crippen molar-refractivity contribution in [1.29, 1.82) is 0 Å². The fourth-order valence-corrected chi connectivity index (χ4v) is 4.41. The van der Waals surface area contributed by atoms with Crippen LogP contribution in [0.15, 0.2) is 48.5 Å². The second-order valence-corrected chi connectivity index (χ2v) is 10.1. The number of piperidine rings is 1. The molecule has 170 valence electrons. The van der Waals surface area contributed by atoms with Crippen LogP contribution in [-0.2, 0) is 6.54 Å². The van der Waals surface area contributed by atoms with E-state index in [9.17, 15) is 4.79 Å². The molecule has 0 saturated carbocycles. The monoisotopic (exact) mass is 544 g/mol. The van der Waals surface area contributed by atoms with Crippen LogP contribution >= 0.6 is 22.6 Å². The Morgan fingerprint density at radius 2 is 1.78 bits per heavy atom. The van der Waals surface area contributed by atoms with Gasteiger partial charge < -0.3 is 14.9 Å². The summed E-state index contributed by atoms with van der Waals surface area (Å²) in [7, 11) is 0. The fraction of sp³-hybridized carbons (Fsp3) is 0.444. The molecule has 5 heteroatoms. The normalized spacial score (nSPS) is 14.8. The third-order valence-electron chi connectivity index (χ3n) is 5.99. The van der Waals surface area contributed by atoms with E-state index in [0.717, 1.165) is 58.7 Å². The summed E-state index contributed by atoms with van der Waals surface area (Å²) < 4.78 is 1.13. The van der Waals surface area contributed by atoms with Crippen LogP contribution in [0.5, 0.6) is 0 Å². The highest BCUT2D eigenvalue weighted by Crippen LogP contribution is 2.23. The number of carbonyl (C=O) groups excluding carboxylic acids is 1. The minimum Gasteiger partial charge on any atom is -0.384 e. The summed E-state index contributed by atoms with van der Waals surface area (Å²) in [6.07, 6.45) is 3.24. The van der Waals surface area contributed by atoms with E-state index in [1.165, 1.54) is 6.42 Å². The van der Waals surface area contributed by atoms with Crippen LogP contribution in [0.4, 0.5) is 0 Å². The summed E-state index contributed by atoms with van der Waals surface area (Å²) >= 11 is 2.27. The maximum absolute atomic E-state index is 13.5. The largest absolute Gasteiger partial charge is 0.384 e. The highest BCUT2D eigenvalue weighted by atomic mass is 127. The lowest BCUT2D eigenvalue weighted by atomic mass is 9.99. The van der Waals surface area contributed by atoms with E-state index in [0.29, 0.717) is 6.54 Å². The van der Waals surface area contributed by atoms with Gasteiger partial charge in [-0.3, -0.25) is 4.79 Å². The molecule has 0 atom stereocenters. The molecule has 1 fully saturated rings. The van der Waals surface area contributed by atoms with E-state index < -0.39 is 0 Å². The van der Waals surface area contributed by atoms with Crippen molar-refractivity contribution < 1.29 is 9.90 Å². The molecule has 1 aliphatic rings.